The fraction of sp³-hybridized carbons (Fsp3) is 0.350. The SMILES string of the molecule is CC(=O)N1CCC(Nc2ccc(C(=O)N(C)C)cn2)c2ccc(F)cc2C1. The van der Waals surface area contributed by atoms with Gasteiger partial charge >= 0.3 is 0 Å². The topological polar surface area (TPSA) is 65.5 Å². The standard InChI is InChI=1S/C20H23FN4O2/c1-13(26)25-9-8-18(17-6-5-16(21)10-15(17)12-25)23-19-7-4-14(11-22-19)20(27)24(2)3/h4-7,10-11,18H,8-9,12H2,1-3H3,(H,22,23). The average Bonchev–Trinajstić information content (AvgIpc) is 2.81. The van der Waals surface area contributed by atoms with Gasteiger partial charge in [0, 0.05) is 40.3 Å². The smallest absolute Gasteiger partial charge is 0.254 e. The molecule has 0 bridgehead atoms. The minimum Gasteiger partial charge on any atom is -0.363 e. The molecule has 1 N–H and O–H groups in total. The number of halogens is 1. The first-order valence-electron chi connectivity index (χ1n) is 8.83. The highest BCUT2D eigenvalue weighted by Crippen LogP contribution is 2.30. The maximum absolute atomic E-state index is 13.7. The van der Waals surface area contributed by atoms with Gasteiger partial charge in [0.15, 0.2) is 0 Å². The quantitative estimate of drug-likeness (QED) is 0.902. The van der Waals surface area contributed by atoms with E-state index < -0.39 is 0 Å². The third kappa shape index (κ3) is 4.24. The Kier molecular flexibility index (Phi) is 5.39. The summed E-state index contributed by atoms with van der Waals surface area (Å²) in [6, 6.07) is 8.05. The number of carbonyl (C=O) groups is 2. The molecule has 27 heavy (non-hydrogen) atoms. The summed E-state index contributed by atoms with van der Waals surface area (Å²) in [5.41, 5.74) is 2.26. The monoisotopic (exact) mass is 370 g/mol. The Morgan fingerprint density at radius 3 is 2.67 bits per heavy atom. The van der Waals surface area contributed by atoms with Crippen LogP contribution >= 0.6 is 0 Å². The molecule has 0 fully saturated rings. The summed E-state index contributed by atoms with van der Waals surface area (Å²) < 4.78 is 13.7. The van der Waals surface area contributed by atoms with Crippen LogP contribution in [0, 0.1) is 5.82 Å². The van der Waals surface area contributed by atoms with Gasteiger partial charge in [0.05, 0.1) is 11.6 Å². The largest absolute Gasteiger partial charge is 0.363 e. The van der Waals surface area contributed by atoms with Crippen molar-refractivity contribution in [3.8, 4) is 0 Å². The molecule has 1 unspecified atom stereocenters. The molecule has 6 nitrogen and oxygen atoms in total. The van der Waals surface area contributed by atoms with Gasteiger partial charge in [-0.1, -0.05) is 6.07 Å². The molecular formula is C20H23FN4O2. The highest BCUT2D eigenvalue weighted by molar-refractivity contribution is 5.93. The molecule has 0 aliphatic carbocycles. The second kappa shape index (κ2) is 7.73. The minimum absolute atomic E-state index is 0.0319. The van der Waals surface area contributed by atoms with E-state index >= 15 is 0 Å². The number of carbonyl (C=O) groups excluding carboxylic acids is 2. The first-order valence-corrected chi connectivity index (χ1v) is 8.83. The lowest BCUT2D eigenvalue weighted by atomic mass is 9.99. The van der Waals surface area contributed by atoms with Crippen molar-refractivity contribution in [2.24, 2.45) is 0 Å². The van der Waals surface area contributed by atoms with Gasteiger partial charge in [0.2, 0.25) is 5.91 Å². The molecule has 0 spiro atoms. The van der Waals surface area contributed by atoms with Crippen LogP contribution in [0.4, 0.5) is 10.2 Å². The summed E-state index contributed by atoms with van der Waals surface area (Å²) in [7, 11) is 3.38. The van der Waals surface area contributed by atoms with Crippen LogP contribution in [0.1, 0.15) is 40.9 Å². The number of hydrogen-bond donors (Lipinski definition) is 1. The van der Waals surface area contributed by atoms with Crippen molar-refractivity contribution in [2.75, 3.05) is 26.0 Å². The van der Waals surface area contributed by atoms with Crippen LogP contribution in [-0.2, 0) is 11.3 Å². The normalized spacial score (nSPS) is 16.3. The predicted octanol–water partition coefficient (Wildman–Crippen LogP) is 2.83. The number of pyridine rings is 1. The summed E-state index contributed by atoms with van der Waals surface area (Å²) in [5, 5.41) is 3.35. The first-order chi connectivity index (χ1) is 12.8. The molecule has 0 saturated carbocycles. The lowest BCUT2D eigenvalue weighted by molar-refractivity contribution is -0.129. The average molecular weight is 370 g/mol. The Morgan fingerprint density at radius 1 is 1.26 bits per heavy atom. The van der Waals surface area contributed by atoms with E-state index in [9.17, 15) is 14.0 Å². The van der Waals surface area contributed by atoms with Crippen LogP contribution in [0.15, 0.2) is 36.5 Å². The van der Waals surface area contributed by atoms with Gasteiger partial charge in [-0.05, 0) is 41.8 Å². The second-order valence-corrected chi connectivity index (χ2v) is 6.90. The van der Waals surface area contributed by atoms with Crippen LogP contribution in [0.25, 0.3) is 0 Å². The number of nitrogens with one attached hydrogen (secondary N) is 1. The van der Waals surface area contributed by atoms with E-state index in [4.69, 9.17) is 0 Å². The van der Waals surface area contributed by atoms with E-state index in [2.05, 4.69) is 10.3 Å². The van der Waals surface area contributed by atoms with Gasteiger partial charge in [0.25, 0.3) is 5.91 Å². The molecule has 7 heteroatoms. The van der Waals surface area contributed by atoms with Crippen molar-refractivity contribution in [3.63, 3.8) is 0 Å². The number of benzene rings is 1. The summed E-state index contributed by atoms with van der Waals surface area (Å²) in [6.45, 7) is 2.49. The van der Waals surface area contributed by atoms with E-state index in [1.54, 1.807) is 37.2 Å². The molecule has 2 amide bonds. The van der Waals surface area contributed by atoms with Gasteiger partial charge < -0.3 is 15.1 Å². The number of aromatic nitrogens is 1. The van der Waals surface area contributed by atoms with Crippen LogP contribution in [0.2, 0.25) is 0 Å². The number of nitrogens with zero attached hydrogens (tertiary/aromatic N) is 3. The van der Waals surface area contributed by atoms with E-state index in [1.165, 1.54) is 30.2 Å². The molecule has 1 aliphatic rings. The number of amides is 2. The second-order valence-electron chi connectivity index (χ2n) is 6.90. The fourth-order valence-electron chi connectivity index (χ4n) is 3.24. The predicted molar refractivity (Wildman–Crippen MR) is 101 cm³/mol. The molecular weight excluding hydrogens is 347 g/mol. The van der Waals surface area contributed by atoms with E-state index in [0.29, 0.717) is 30.9 Å². The van der Waals surface area contributed by atoms with Crippen molar-refractivity contribution >= 4 is 17.6 Å². The Bertz CT molecular complexity index is 852. The molecule has 3 rings (SSSR count). The number of anilines is 1. The molecule has 2 heterocycles. The first kappa shape index (κ1) is 18.8. The van der Waals surface area contributed by atoms with Crippen LogP contribution in [0.3, 0.4) is 0 Å². The van der Waals surface area contributed by atoms with Crippen molar-refractivity contribution in [1.29, 1.82) is 0 Å². The van der Waals surface area contributed by atoms with Gasteiger partial charge in [-0.3, -0.25) is 9.59 Å². The molecule has 0 saturated heterocycles. The van der Waals surface area contributed by atoms with Crippen molar-refractivity contribution in [2.45, 2.75) is 25.9 Å². The maximum Gasteiger partial charge on any atom is 0.254 e. The highest BCUT2D eigenvalue weighted by Gasteiger charge is 2.24. The van der Waals surface area contributed by atoms with Gasteiger partial charge in [0.1, 0.15) is 11.6 Å². The minimum atomic E-state index is -0.317. The van der Waals surface area contributed by atoms with Gasteiger partial charge in [-0.2, -0.15) is 0 Å². The Hall–Kier alpha value is -2.96. The molecule has 2 aromatic rings. The van der Waals surface area contributed by atoms with Crippen LogP contribution in [0.5, 0.6) is 0 Å². The molecule has 0 radical (unpaired) electrons. The zero-order valence-corrected chi connectivity index (χ0v) is 15.7. The van der Waals surface area contributed by atoms with Crippen molar-refractivity contribution in [1.82, 2.24) is 14.8 Å². The Morgan fingerprint density at radius 2 is 2.04 bits per heavy atom. The third-order valence-corrected chi connectivity index (χ3v) is 4.71. The lowest BCUT2D eigenvalue weighted by Crippen LogP contribution is -2.28. The zero-order chi connectivity index (χ0) is 19.6. The van der Waals surface area contributed by atoms with Crippen molar-refractivity contribution in [3.05, 3.63) is 59.0 Å². The van der Waals surface area contributed by atoms with Gasteiger partial charge in [-0.15, -0.1) is 0 Å². The number of hydrogen-bond acceptors (Lipinski definition) is 4. The van der Waals surface area contributed by atoms with E-state index in [1.807, 2.05) is 0 Å². The summed E-state index contributed by atoms with van der Waals surface area (Å²) >= 11 is 0. The van der Waals surface area contributed by atoms with Crippen molar-refractivity contribution < 1.29 is 14.0 Å². The van der Waals surface area contributed by atoms with Crippen LogP contribution < -0.4 is 5.32 Å². The molecule has 1 aromatic heterocycles. The zero-order valence-electron chi connectivity index (χ0n) is 15.7. The van der Waals surface area contributed by atoms with E-state index in [0.717, 1.165) is 11.1 Å². The molecule has 142 valence electrons. The maximum atomic E-state index is 13.7. The molecule has 1 atom stereocenters. The molecule has 1 aliphatic heterocycles. The third-order valence-electron chi connectivity index (χ3n) is 4.71. The summed E-state index contributed by atoms with van der Waals surface area (Å²) in [6.07, 6.45) is 2.22. The molecule has 1 aromatic carbocycles. The van der Waals surface area contributed by atoms with Crippen LogP contribution in [-0.4, -0.2) is 47.2 Å². The summed E-state index contributed by atoms with van der Waals surface area (Å²) in [4.78, 5) is 31.4. The Balaban J connectivity index is 1.84. The Labute approximate surface area is 158 Å². The summed E-state index contributed by atoms with van der Waals surface area (Å²) in [5.74, 6) is 0.168. The fourth-order valence-corrected chi connectivity index (χ4v) is 3.24. The number of rotatable bonds is 3. The van der Waals surface area contributed by atoms with Gasteiger partial charge in [-0.25, -0.2) is 9.37 Å². The van der Waals surface area contributed by atoms with E-state index in [-0.39, 0.29) is 23.7 Å². The highest BCUT2D eigenvalue weighted by atomic mass is 19.1. The number of fused-ring (bicyclic) bond motifs is 1. The lowest BCUT2D eigenvalue weighted by Gasteiger charge is -2.20.